The van der Waals surface area contributed by atoms with E-state index in [9.17, 15) is 13.2 Å². The van der Waals surface area contributed by atoms with Crippen molar-refractivity contribution in [2.75, 3.05) is 25.2 Å². The van der Waals surface area contributed by atoms with Crippen LogP contribution in [0.25, 0.3) is 11.5 Å². The number of ether oxygens (including phenoxy) is 1. The van der Waals surface area contributed by atoms with Gasteiger partial charge < -0.3 is 14.5 Å². The first-order valence-corrected chi connectivity index (χ1v) is 8.90. The Morgan fingerprint density at radius 2 is 2.08 bits per heavy atom. The molecule has 0 saturated carbocycles. The molecule has 0 unspecified atom stereocenters. The van der Waals surface area contributed by atoms with Gasteiger partial charge in [-0.2, -0.15) is 0 Å². The number of carbonyl (C=O) groups is 1. The quantitative estimate of drug-likeness (QED) is 0.758. The Hall–Kier alpha value is -2.46. The number of hydrogen-bond acceptors (Lipinski definition) is 7. The lowest BCUT2D eigenvalue weighted by atomic mass is 10.2. The standard InChI is InChI=1S/C14H18N4O5S/c1-9-17-18-14(23-9)10-4-5-12(22-2)11(8-10)16-13(19)6-7-15-24(3,20)21/h4-5,8,15H,6-7H2,1-3H3,(H,16,19). The van der Waals surface area contributed by atoms with Crippen LogP contribution in [-0.4, -0.2) is 44.4 Å². The average molecular weight is 354 g/mol. The number of hydrogen-bond donors (Lipinski definition) is 2. The molecule has 0 fully saturated rings. The van der Waals surface area contributed by atoms with E-state index in [1.54, 1.807) is 25.1 Å². The predicted molar refractivity (Wildman–Crippen MR) is 87.1 cm³/mol. The summed E-state index contributed by atoms with van der Waals surface area (Å²) in [5.74, 6) is 0.852. The molecule has 0 bridgehead atoms. The summed E-state index contributed by atoms with van der Waals surface area (Å²) in [6.45, 7) is 1.69. The van der Waals surface area contributed by atoms with E-state index < -0.39 is 10.0 Å². The van der Waals surface area contributed by atoms with Gasteiger partial charge in [0.1, 0.15) is 5.75 Å². The number of nitrogens with zero attached hydrogens (tertiary/aromatic N) is 2. The van der Waals surface area contributed by atoms with Gasteiger partial charge in [-0.25, -0.2) is 13.1 Å². The summed E-state index contributed by atoms with van der Waals surface area (Å²) in [5, 5.41) is 10.4. The number of aryl methyl sites for hydroxylation is 1. The molecule has 1 aromatic carbocycles. The Morgan fingerprint density at radius 1 is 1.33 bits per heavy atom. The van der Waals surface area contributed by atoms with Crippen molar-refractivity contribution in [3.8, 4) is 17.2 Å². The van der Waals surface area contributed by atoms with Gasteiger partial charge in [0.2, 0.25) is 27.7 Å². The van der Waals surface area contributed by atoms with Gasteiger partial charge in [-0.05, 0) is 18.2 Å². The lowest BCUT2D eigenvalue weighted by Gasteiger charge is -2.11. The highest BCUT2D eigenvalue weighted by molar-refractivity contribution is 7.88. The molecule has 2 rings (SSSR count). The van der Waals surface area contributed by atoms with E-state index in [1.807, 2.05) is 0 Å². The van der Waals surface area contributed by atoms with Crippen LogP contribution in [0.2, 0.25) is 0 Å². The van der Waals surface area contributed by atoms with Gasteiger partial charge in [0.25, 0.3) is 0 Å². The van der Waals surface area contributed by atoms with Crippen molar-refractivity contribution in [1.82, 2.24) is 14.9 Å². The number of carbonyl (C=O) groups excluding carboxylic acids is 1. The maximum atomic E-state index is 12.0. The molecule has 2 aromatic rings. The number of methoxy groups -OCH3 is 1. The second kappa shape index (κ2) is 7.41. The third kappa shape index (κ3) is 5.03. The minimum absolute atomic E-state index is 0.00945. The summed E-state index contributed by atoms with van der Waals surface area (Å²) in [7, 11) is -1.85. The van der Waals surface area contributed by atoms with Crippen LogP contribution >= 0.6 is 0 Å². The predicted octanol–water partition coefficient (Wildman–Crippen LogP) is 0.931. The fourth-order valence-electron chi connectivity index (χ4n) is 1.91. The molecule has 130 valence electrons. The second-order valence-electron chi connectivity index (χ2n) is 5.01. The number of nitrogens with one attached hydrogen (secondary N) is 2. The molecule has 0 aliphatic carbocycles. The van der Waals surface area contributed by atoms with Gasteiger partial charge >= 0.3 is 0 Å². The lowest BCUT2D eigenvalue weighted by molar-refractivity contribution is -0.116. The first-order chi connectivity index (χ1) is 11.3. The summed E-state index contributed by atoms with van der Waals surface area (Å²) in [6, 6.07) is 5.04. The Balaban J connectivity index is 2.11. The van der Waals surface area contributed by atoms with Crippen LogP contribution in [0.1, 0.15) is 12.3 Å². The maximum Gasteiger partial charge on any atom is 0.247 e. The third-order valence-corrected chi connectivity index (χ3v) is 3.69. The van der Waals surface area contributed by atoms with Gasteiger partial charge in [-0.3, -0.25) is 4.79 Å². The smallest absolute Gasteiger partial charge is 0.247 e. The summed E-state index contributed by atoms with van der Waals surface area (Å²) in [6.07, 6.45) is 1.02. The van der Waals surface area contributed by atoms with E-state index >= 15 is 0 Å². The molecule has 24 heavy (non-hydrogen) atoms. The maximum absolute atomic E-state index is 12.0. The number of rotatable bonds is 7. The Bertz CT molecular complexity index is 831. The highest BCUT2D eigenvalue weighted by Crippen LogP contribution is 2.30. The Kier molecular flexibility index (Phi) is 5.52. The van der Waals surface area contributed by atoms with Gasteiger partial charge in [0, 0.05) is 25.5 Å². The molecule has 1 heterocycles. The van der Waals surface area contributed by atoms with Crippen molar-refractivity contribution in [2.24, 2.45) is 0 Å². The Labute approximate surface area is 139 Å². The molecule has 0 aliphatic rings. The van der Waals surface area contributed by atoms with E-state index in [0.29, 0.717) is 28.8 Å². The van der Waals surface area contributed by atoms with Crippen molar-refractivity contribution >= 4 is 21.6 Å². The van der Waals surface area contributed by atoms with Gasteiger partial charge in [-0.1, -0.05) is 0 Å². The zero-order chi connectivity index (χ0) is 17.7. The van der Waals surface area contributed by atoms with E-state index in [2.05, 4.69) is 20.2 Å². The zero-order valence-electron chi connectivity index (χ0n) is 13.5. The first-order valence-electron chi connectivity index (χ1n) is 7.01. The van der Waals surface area contributed by atoms with Crippen LogP contribution < -0.4 is 14.8 Å². The van der Waals surface area contributed by atoms with E-state index in [-0.39, 0.29) is 18.9 Å². The molecule has 0 spiro atoms. The number of sulfonamides is 1. The van der Waals surface area contributed by atoms with Gasteiger partial charge in [0.15, 0.2) is 0 Å². The minimum Gasteiger partial charge on any atom is -0.495 e. The number of aromatic nitrogens is 2. The molecule has 2 N–H and O–H groups in total. The molecule has 0 aliphatic heterocycles. The van der Waals surface area contributed by atoms with Crippen LogP contribution in [0, 0.1) is 6.92 Å². The molecular weight excluding hydrogens is 336 g/mol. The highest BCUT2D eigenvalue weighted by Gasteiger charge is 2.13. The molecule has 0 saturated heterocycles. The van der Waals surface area contributed by atoms with Crippen LogP contribution in [-0.2, 0) is 14.8 Å². The molecular formula is C14H18N4O5S. The summed E-state index contributed by atoms with van der Waals surface area (Å²) in [5.41, 5.74) is 1.05. The topological polar surface area (TPSA) is 123 Å². The van der Waals surface area contributed by atoms with Crippen molar-refractivity contribution in [1.29, 1.82) is 0 Å². The monoisotopic (exact) mass is 354 g/mol. The summed E-state index contributed by atoms with van der Waals surface area (Å²) in [4.78, 5) is 12.0. The average Bonchev–Trinajstić information content (AvgIpc) is 2.92. The van der Waals surface area contributed by atoms with Crippen LogP contribution in [0.3, 0.4) is 0 Å². The Morgan fingerprint density at radius 3 is 2.67 bits per heavy atom. The van der Waals surface area contributed by atoms with Gasteiger partial charge in [0.05, 0.1) is 19.1 Å². The van der Waals surface area contributed by atoms with Crippen molar-refractivity contribution in [3.63, 3.8) is 0 Å². The van der Waals surface area contributed by atoms with E-state index in [4.69, 9.17) is 9.15 Å². The molecule has 0 radical (unpaired) electrons. The molecule has 0 atom stereocenters. The fourth-order valence-corrected chi connectivity index (χ4v) is 2.39. The summed E-state index contributed by atoms with van der Waals surface area (Å²) < 4.78 is 34.8. The summed E-state index contributed by atoms with van der Waals surface area (Å²) >= 11 is 0. The third-order valence-electron chi connectivity index (χ3n) is 2.96. The first kappa shape index (κ1) is 17.9. The fraction of sp³-hybridized carbons (Fsp3) is 0.357. The normalized spacial score (nSPS) is 11.3. The van der Waals surface area contributed by atoms with Crippen LogP contribution in [0.4, 0.5) is 5.69 Å². The zero-order valence-corrected chi connectivity index (χ0v) is 14.3. The highest BCUT2D eigenvalue weighted by atomic mass is 32.2. The molecule has 9 nitrogen and oxygen atoms in total. The van der Waals surface area contributed by atoms with E-state index in [0.717, 1.165) is 6.26 Å². The molecule has 1 amide bonds. The van der Waals surface area contributed by atoms with Gasteiger partial charge in [-0.15, -0.1) is 10.2 Å². The van der Waals surface area contributed by atoms with Crippen molar-refractivity contribution < 1.29 is 22.4 Å². The largest absolute Gasteiger partial charge is 0.495 e. The van der Waals surface area contributed by atoms with Crippen molar-refractivity contribution in [3.05, 3.63) is 24.1 Å². The second-order valence-corrected chi connectivity index (χ2v) is 6.84. The SMILES string of the molecule is COc1ccc(-c2nnc(C)o2)cc1NC(=O)CCNS(C)(=O)=O. The van der Waals surface area contributed by atoms with Crippen LogP contribution in [0.5, 0.6) is 5.75 Å². The number of anilines is 1. The number of amides is 1. The van der Waals surface area contributed by atoms with Crippen molar-refractivity contribution in [2.45, 2.75) is 13.3 Å². The molecule has 1 aromatic heterocycles. The van der Waals surface area contributed by atoms with E-state index in [1.165, 1.54) is 7.11 Å². The lowest BCUT2D eigenvalue weighted by Crippen LogP contribution is -2.26. The molecule has 10 heteroatoms. The van der Waals surface area contributed by atoms with Crippen LogP contribution in [0.15, 0.2) is 22.6 Å². The minimum atomic E-state index is -3.33. The number of benzene rings is 1.